The van der Waals surface area contributed by atoms with Crippen LogP contribution >= 0.6 is 31.9 Å². The second-order valence-corrected chi connectivity index (χ2v) is 6.62. The van der Waals surface area contributed by atoms with Gasteiger partial charge in [0, 0.05) is 8.95 Å². The van der Waals surface area contributed by atoms with Crippen LogP contribution in [-0.4, -0.2) is 22.2 Å². The molecule has 114 valence electrons. The van der Waals surface area contributed by atoms with Crippen LogP contribution < -0.4 is 0 Å². The molecule has 0 aliphatic rings. The van der Waals surface area contributed by atoms with Gasteiger partial charge in [0.15, 0.2) is 0 Å². The summed E-state index contributed by atoms with van der Waals surface area (Å²) in [5, 5.41) is 18.4. The Bertz CT molecular complexity index is 683. The van der Waals surface area contributed by atoms with E-state index in [4.69, 9.17) is 0 Å². The summed E-state index contributed by atoms with van der Waals surface area (Å²) in [7, 11) is 0. The van der Waals surface area contributed by atoms with Crippen molar-refractivity contribution in [2.45, 2.75) is 13.8 Å². The first-order chi connectivity index (χ1) is 10.2. The van der Waals surface area contributed by atoms with Gasteiger partial charge >= 0.3 is 11.9 Å². The highest BCUT2D eigenvalue weighted by molar-refractivity contribution is 9.10. The van der Waals surface area contributed by atoms with Crippen molar-refractivity contribution in [2.75, 3.05) is 0 Å². The minimum Gasteiger partial charge on any atom is -0.478 e. The predicted octanol–water partition coefficient (Wildman–Crippen LogP) is 4.89. The van der Waals surface area contributed by atoms with Crippen LogP contribution in [0.2, 0.25) is 0 Å². The van der Waals surface area contributed by atoms with E-state index in [0.29, 0.717) is 20.1 Å². The summed E-state index contributed by atoms with van der Waals surface area (Å²) in [4.78, 5) is 22.4. The molecule has 0 fully saturated rings. The van der Waals surface area contributed by atoms with Gasteiger partial charge in [-0.2, -0.15) is 0 Å². The molecule has 0 radical (unpaired) electrons. The smallest absolute Gasteiger partial charge is 0.337 e. The number of aryl methyl sites for hydroxylation is 2. The first-order valence-electron chi connectivity index (χ1n) is 6.29. The highest BCUT2D eigenvalue weighted by Gasteiger charge is 2.17. The number of carboxylic acids is 2. The normalized spacial score (nSPS) is 10.5. The molecular weight excluding hydrogens is 416 g/mol. The van der Waals surface area contributed by atoms with E-state index < -0.39 is 11.9 Å². The monoisotopic (exact) mass is 426 g/mol. The maximum Gasteiger partial charge on any atom is 0.337 e. The van der Waals surface area contributed by atoms with Gasteiger partial charge in [0.05, 0.1) is 11.1 Å². The number of carbonyl (C=O) groups is 2. The number of aromatic carboxylic acids is 2. The third-order valence-corrected chi connectivity index (χ3v) is 4.59. The molecule has 0 bridgehead atoms. The van der Waals surface area contributed by atoms with Crippen LogP contribution in [0, 0.1) is 13.8 Å². The van der Waals surface area contributed by atoms with Crippen LogP contribution in [0.25, 0.3) is 11.1 Å². The lowest BCUT2D eigenvalue weighted by molar-refractivity contribution is 0.0684. The van der Waals surface area contributed by atoms with E-state index in [0.717, 1.165) is 11.1 Å². The summed E-state index contributed by atoms with van der Waals surface area (Å²) in [6, 6.07) is 6.99. The van der Waals surface area contributed by atoms with Gasteiger partial charge in [0.2, 0.25) is 0 Å². The SMILES string of the molecule is Cc1cc(-c2cc(C)c(C(=O)O)c(Br)c2)cc(Br)c1C(=O)O. The van der Waals surface area contributed by atoms with E-state index in [1.807, 2.05) is 0 Å². The summed E-state index contributed by atoms with van der Waals surface area (Å²) in [5.41, 5.74) is 3.34. The quantitative estimate of drug-likeness (QED) is 0.730. The van der Waals surface area contributed by atoms with Crippen LogP contribution in [0.15, 0.2) is 33.2 Å². The second kappa shape index (κ2) is 6.22. The number of halogens is 2. The van der Waals surface area contributed by atoms with E-state index in [1.165, 1.54) is 0 Å². The number of carboxylic acid groups (broad SMARTS) is 2. The van der Waals surface area contributed by atoms with Gasteiger partial charge in [-0.3, -0.25) is 0 Å². The molecule has 0 saturated carbocycles. The van der Waals surface area contributed by atoms with Gasteiger partial charge < -0.3 is 10.2 Å². The number of hydrogen-bond donors (Lipinski definition) is 2. The standard InChI is InChI=1S/C16H12Br2O4/c1-7-3-9(5-11(17)13(7)15(19)20)10-4-8(2)14(16(21)22)12(18)6-10/h3-6H,1-2H3,(H,19,20)(H,21,22). The Morgan fingerprint density at radius 1 is 0.773 bits per heavy atom. The topological polar surface area (TPSA) is 74.6 Å². The van der Waals surface area contributed by atoms with E-state index in [2.05, 4.69) is 31.9 Å². The Labute approximate surface area is 144 Å². The fourth-order valence-corrected chi connectivity index (χ4v) is 3.82. The fourth-order valence-electron chi connectivity index (χ4n) is 2.36. The largest absolute Gasteiger partial charge is 0.478 e. The molecule has 2 rings (SSSR count). The van der Waals surface area contributed by atoms with Gasteiger partial charge in [-0.15, -0.1) is 0 Å². The third kappa shape index (κ3) is 3.08. The summed E-state index contributed by atoms with van der Waals surface area (Å²) < 4.78 is 0.983. The van der Waals surface area contributed by atoms with Gasteiger partial charge in [0.1, 0.15) is 0 Å². The van der Waals surface area contributed by atoms with Crippen molar-refractivity contribution in [1.82, 2.24) is 0 Å². The molecule has 0 atom stereocenters. The van der Waals surface area contributed by atoms with Crippen molar-refractivity contribution in [2.24, 2.45) is 0 Å². The highest BCUT2D eigenvalue weighted by atomic mass is 79.9. The molecule has 0 spiro atoms. The van der Waals surface area contributed by atoms with E-state index in [1.54, 1.807) is 38.1 Å². The first-order valence-corrected chi connectivity index (χ1v) is 7.88. The lowest BCUT2D eigenvalue weighted by Gasteiger charge is -2.11. The minimum atomic E-state index is -0.991. The zero-order valence-electron chi connectivity index (χ0n) is 11.8. The van der Waals surface area contributed by atoms with Crippen molar-refractivity contribution < 1.29 is 19.8 Å². The summed E-state index contributed by atoms with van der Waals surface area (Å²) in [6.07, 6.45) is 0. The van der Waals surface area contributed by atoms with Gasteiger partial charge in [-0.05, 0) is 80.1 Å². The number of hydrogen-bond acceptors (Lipinski definition) is 2. The molecule has 0 aromatic heterocycles. The van der Waals surface area contributed by atoms with Gasteiger partial charge in [-0.1, -0.05) is 12.1 Å². The molecular formula is C16H12Br2O4. The van der Waals surface area contributed by atoms with Crippen LogP contribution in [0.3, 0.4) is 0 Å². The Morgan fingerprint density at radius 3 is 1.32 bits per heavy atom. The van der Waals surface area contributed by atoms with Crippen LogP contribution in [-0.2, 0) is 0 Å². The lowest BCUT2D eigenvalue weighted by atomic mass is 9.97. The average molecular weight is 428 g/mol. The molecule has 6 heteroatoms. The van der Waals surface area contributed by atoms with Gasteiger partial charge in [0.25, 0.3) is 0 Å². The van der Waals surface area contributed by atoms with E-state index in [9.17, 15) is 19.8 Å². The Kier molecular flexibility index (Phi) is 4.72. The summed E-state index contributed by atoms with van der Waals surface area (Å²) >= 11 is 6.57. The fraction of sp³-hybridized carbons (Fsp3) is 0.125. The van der Waals surface area contributed by atoms with E-state index in [-0.39, 0.29) is 11.1 Å². The molecule has 0 unspecified atom stereocenters. The maximum absolute atomic E-state index is 11.2. The average Bonchev–Trinajstić information content (AvgIpc) is 2.35. The molecule has 0 heterocycles. The zero-order valence-corrected chi connectivity index (χ0v) is 14.9. The molecule has 4 nitrogen and oxygen atoms in total. The molecule has 0 amide bonds. The second-order valence-electron chi connectivity index (χ2n) is 4.91. The molecule has 2 N–H and O–H groups in total. The van der Waals surface area contributed by atoms with Crippen LogP contribution in [0.1, 0.15) is 31.8 Å². The highest BCUT2D eigenvalue weighted by Crippen LogP contribution is 2.33. The van der Waals surface area contributed by atoms with E-state index >= 15 is 0 Å². The molecule has 0 aliphatic heterocycles. The van der Waals surface area contributed by atoms with Crippen molar-refractivity contribution in [3.8, 4) is 11.1 Å². The van der Waals surface area contributed by atoms with Crippen molar-refractivity contribution in [3.63, 3.8) is 0 Å². The summed E-state index contributed by atoms with van der Waals surface area (Å²) in [6.45, 7) is 3.45. The number of rotatable bonds is 3. The molecule has 2 aromatic carbocycles. The minimum absolute atomic E-state index is 0.224. The lowest BCUT2D eigenvalue weighted by Crippen LogP contribution is -2.03. The molecule has 2 aromatic rings. The number of benzene rings is 2. The first kappa shape index (κ1) is 16.7. The third-order valence-electron chi connectivity index (χ3n) is 3.34. The van der Waals surface area contributed by atoms with Crippen molar-refractivity contribution >= 4 is 43.8 Å². The van der Waals surface area contributed by atoms with Crippen molar-refractivity contribution in [3.05, 3.63) is 55.5 Å². The molecule has 0 saturated heterocycles. The zero-order chi connectivity index (χ0) is 16.6. The van der Waals surface area contributed by atoms with Crippen molar-refractivity contribution in [1.29, 1.82) is 0 Å². The molecule has 22 heavy (non-hydrogen) atoms. The maximum atomic E-state index is 11.2. The summed E-state index contributed by atoms with van der Waals surface area (Å²) in [5.74, 6) is -1.98. The predicted molar refractivity (Wildman–Crippen MR) is 90.7 cm³/mol. The Balaban J connectivity index is 2.63. The Hall–Kier alpha value is -1.66. The van der Waals surface area contributed by atoms with Crippen LogP contribution in [0.5, 0.6) is 0 Å². The Morgan fingerprint density at radius 2 is 1.09 bits per heavy atom. The van der Waals surface area contributed by atoms with Gasteiger partial charge in [-0.25, -0.2) is 9.59 Å². The molecule has 0 aliphatic carbocycles. The van der Waals surface area contributed by atoms with Crippen LogP contribution in [0.4, 0.5) is 0 Å².